The smallest absolute Gasteiger partial charge is 0.244 e. The number of amides is 2. The lowest BCUT2D eigenvalue weighted by Crippen LogP contribution is -2.47. The predicted octanol–water partition coefficient (Wildman–Crippen LogP) is 4.53. The second-order valence-electron chi connectivity index (χ2n) is 9.93. The van der Waals surface area contributed by atoms with E-state index in [-0.39, 0.29) is 36.1 Å². The second kappa shape index (κ2) is 13.1. The molecule has 1 aromatic heterocycles. The van der Waals surface area contributed by atoms with E-state index in [0.29, 0.717) is 24.3 Å². The maximum Gasteiger partial charge on any atom is 0.244 e. The third kappa shape index (κ3) is 6.89. The highest BCUT2D eigenvalue weighted by Gasteiger charge is 2.33. The number of hydrogen-bond acceptors (Lipinski definition) is 7. The first-order valence-electron chi connectivity index (χ1n) is 13.6. The molecule has 0 saturated heterocycles. The van der Waals surface area contributed by atoms with Crippen LogP contribution in [-0.2, 0) is 9.59 Å². The van der Waals surface area contributed by atoms with Crippen LogP contribution in [0.2, 0.25) is 0 Å². The van der Waals surface area contributed by atoms with Gasteiger partial charge in [0.1, 0.15) is 0 Å². The molecule has 216 valence electrons. The fourth-order valence-corrected chi connectivity index (χ4v) is 4.94. The van der Waals surface area contributed by atoms with Gasteiger partial charge in [-0.3, -0.25) is 19.4 Å². The van der Waals surface area contributed by atoms with Crippen molar-refractivity contribution in [2.75, 3.05) is 6.79 Å². The SMILES string of the molecule is CCC(CC)C(NC(=O)C[C@H](NC(=O)C=Cc1ccc2c(c1)OCO2)c1ccccc1)C(=O)c1c(O)[nH]c(O)c1C. The summed E-state index contributed by atoms with van der Waals surface area (Å²) in [7, 11) is 0. The number of aromatic nitrogens is 1. The molecule has 0 spiro atoms. The minimum absolute atomic E-state index is 0.0544. The lowest BCUT2D eigenvalue weighted by molar-refractivity contribution is -0.123. The molecule has 1 aliphatic rings. The number of rotatable bonds is 12. The van der Waals surface area contributed by atoms with Crippen LogP contribution in [0.5, 0.6) is 23.3 Å². The molecule has 0 radical (unpaired) electrons. The van der Waals surface area contributed by atoms with Gasteiger partial charge in [-0.05, 0) is 42.2 Å². The molecule has 2 atom stereocenters. The van der Waals surface area contributed by atoms with Gasteiger partial charge in [-0.2, -0.15) is 0 Å². The molecule has 10 heteroatoms. The van der Waals surface area contributed by atoms with E-state index in [4.69, 9.17) is 9.47 Å². The Morgan fingerprint density at radius 2 is 1.68 bits per heavy atom. The van der Waals surface area contributed by atoms with Crippen LogP contribution in [0.25, 0.3) is 6.08 Å². The van der Waals surface area contributed by atoms with Crippen molar-refractivity contribution in [3.05, 3.63) is 76.9 Å². The van der Waals surface area contributed by atoms with Gasteiger partial charge in [-0.1, -0.05) is 63.1 Å². The van der Waals surface area contributed by atoms with Crippen LogP contribution in [-0.4, -0.2) is 45.6 Å². The summed E-state index contributed by atoms with van der Waals surface area (Å²) in [5.74, 6) is -1.06. The van der Waals surface area contributed by atoms with Gasteiger partial charge in [0, 0.05) is 11.6 Å². The summed E-state index contributed by atoms with van der Waals surface area (Å²) in [6.45, 7) is 5.51. The van der Waals surface area contributed by atoms with Crippen molar-refractivity contribution >= 4 is 23.7 Å². The summed E-state index contributed by atoms with van der Waals surface area (Å²) in [6.07, 6.45) is 4.11. The normalized spacial score (nSPS) is 13.8. The van der Waals surface area contributed by atoms with Crippen LogP contribution in [0.1, 0.15) is 66.2 Å². The van der Waals surface area contributed by atoms with Crippen LogP contribution >= 0.6 is 0 Å². The molecule has 0 fully saturated rings. The monoisotopic (exact) mass is 561 g/mol. The van der Waals surface area contributed by atoms with Gasteiger partial charge in [0.15, 0.2) is 23.2 Å². The topological polar surface area (TPSA) is 150 Å². The van der Waals surface area contributed by atoms with Gasteiger partial charge in [-0.15, -0.1) is 0 Å². The Hall–Kier alpha value is -4.73. The Kier molecular flexibility index (Phi) is 9.34. The van der Waals surface area contributed by atoms with Crippen LogP contribution in [0.15, 0.2) is 54.6 Å². The number of carbonyl (C=O) groups excluding carboxylic acids is 3. The molecule has 10 nitrogen and oxygen atoms in total. The van der Waals surface area contributed by atoms with Gasteiger partial charge in [-0.25, -0.2) is 0 Å². The molecular formula is C31H35N3O7. The fraction of sp³-hybridized carbons (Fsp3) is 0.323. The zero-order chi connectivity index (χ0) is 29.5. The van der Waals surface area contributed by atoms with E-state index in [2.05, 4.69) is 15.6 Å². The van der Waals surface area contributed by atoms with E-state index in [9.17, 15) is 24.6 Å². The van der Waals surface area contributed by atoms with Crippen LogP contribution < -0.4 is 20.1 Å². The summed E-state index contributed by atoms with van der Waals surface area (Å²) in [5.41, 5.74) is 1.63. The molecule has 0 aliphatic carbocycles. The fourth-order valence-electron chi connectivity index (χ4n) is 4.94. The average molecular weight is 562 g/mol. The number of H-pyrrole nitrogens is 1. The summed E-state index contributed by atoms with van der Waals surface area (Å²) >= 11 is 0. The molecular weight excluding hydrogens is 526 g/mol. The van der Waals surface area contributed by atoms with Crippen molar-refractivity contribution in [3.63, 3.8) is 0 Å². The highest BCUT2D eigenvalue weighted by atomic mass is 16.7. The molecule has 2 amide bonds. The first kappa shape index (κ1) is 29.3. The summed E-state index contributed by atoms with van der Waals surface area (Å²) in [4.78, 5) is 42.2. The number of ether oxygens (including phenoxy) is 2. The van der Waals surface area contributed by atoms with Crippen molar-refractivity contribution in [3.8, 4) is 23.3 Å². The molecule has 2 heterocycles. The number of carbonyl (C=O) groups is 3. The minimum atomic E-state index is -0.935. The molecule has 5 N–H and O–H groups in total. The highest BCUT2D eigenvalue weighted by Crippen LogP contribution is 2.33. The molecule has 41 heavy (non-hydrogen) atoms. The predicted molar refractivity (Wildman–Crippen MR) is 153 cm³/mol. The Labute approximate surface area is 238 Å². The average Bonchev–Trinajstić information content (AvgIpc) is 3.54. The summed E-state index contributed by atoms with van der Waals surface area (Å²) in [5, 5.41) is 25.9. The number of nitrogens with one attached hydrogen (secondary N) is 3. The third-order valence-corrected chi connectivity index (χ3v) is 7.30. The number of Topliss-reactive ketones (excluding diaryl/α,β-unsaturated/α-hetero) is 1. The molecule has 1 aliphatic heterocycles. The number of aromatic hydroxyl groups is 2. The number of benzene rings is 2. The van der Waals surface area contributed by atoms with Gasteiger partial charge in [0.2, 0.25) is 24.5 Å². The Morgan fingerprint density at radius 1 is 0.976 bits per heavy atom. The van der Waals surface area contributed by atoms with E-state index in [1.165, 1.54) is 13.0 Å². The van der Waals surface area contributed by atoms with Crippen LogP contribution in [0.3, 0.4) is 0 Å². The van der Waals surface area contributed by atoms with Gasteiger partial charge < -0.3 is 30.3 Å². The largest absolute Gasteiger partial charge is 0.494 e. The van der Waals surface area contributed by atoms with E-state index in [0.717, 1.165) is 11.1 Å². The maximum absolute atomic E-state index is 13.5. The van der Waals surface area contributed by atoms with Crippen molar-refractivity contribution in [2.24, 2.45) is 5.92 Å². The lowest BCUT2D eigenvalue weighted by Gasteiger charge is -2.26. The van der Waals surface area contributed by atoms with Crippen LogP contribution in [0, 0.1) is 12.8 Å². The van der Waals surface area contributed by atoms with E-state index in [1.54, 1.807) is 24.3 Å². The highest BCUT2D eigenvalue weighted by molar-refractivity contribution is 6.05. The Balaban J connectivity index is 1.50. The van der Waals surface area contributed by atoms with Crippen molar-refractivity contribution in [1.29, 1.82) is 0 Å². The molecule has 1 unspecified atom stereocenters. The third-order valence-electron chi connectivity index (χ3n) is 7.30. The zero-order valence-electron chi connectivity index (χ0n) is 23.3. The van der Waals surface area contributed by atoms with Gasteiger partial charge in [0.05, 0.1) is 24.1 Å². The van der Waals surface area contributed by atoms with Gasteiger partial charge >= 0.3 is 0 Å². The molecule has 4 rings (SSSR count). The summed E-state index contributed by atoms with van der Waals surface area (Å²) in [6, 6.07) is 12.8. The minimum Gasteiger partial charge on any atom is -0.494 e. The number of hydrogen-bond donors (Lipinski definition) is 5. The zero-order valence-corrected chi connectivity index (χ0v) is 23.3. The quantitative estimate of drug-likeness (QED) is 0.161. The van der Waals surface area contributed by atoms with E-state index >= 15 is 0 Å². The van der Waals surface area contributed by atoms with Crippen molar-refractivity contribution in [1.82, 2.24) is 15.6 Å². The summed E-state index contributed by atoms with van der Waals surface area (Å²) < 4.78 is 10.7. The molecule has 0 bridgehead atoms. The maximum atomic E-state index is 13.5. The molecule has 3 aromatic rings. The number of fused-ring (bicyclic) bond motifs is 1. The first-order chi connectivity index (χ1) is 19.7. The second-order valence-corrected chi connectivity index (χ2v) is 9.93. The van der Waals surface area contributed by atoms with Crippen LogP contribution in [0.4, 0.5) is 0 Å². The number of ketones is 1. The molecule has 2 aromatic carbocycles. The Morgan fingerprint density at radius 3 is 2.34 bits per heavy atom. The van der Waals surface area contributed by atoms with E-state index in [1.807, 2.05) is 44.2 Å². The van der Waals surface area contributed by atoms with E-state index < -0.39 is 35.6 Å². The first-order valence-corrected chi connectivity index (χ1v) is 13.6. The van der Waals surface area contributed by atoms with Crippen molar-refractivity contribution < 1.29 is 34.1 Å². The lowest BCUT2D eigenvalue weighted by atomic mass is 9.87. The molecule has 0 saturated carbocycles. The van der Waals surface area contributed by atoms with Crippen molar-refractivity contribution in [2.45, 2.75) is 52.1 Å². The Bertz CT molecular complexity index is 1430. The van der Waals surface area contributed by atoms with Gasteiger partial charge in [0.25, 0.3) is 0 Å². The standard InChI is InChI=1S/C31H35N3O7/c1-4-20(5-2)28(29(37)27-18(3)30(38)34-31(27)39)33-26(36)16-22(21-9-7-6-8-10-21)32-25(35)14-12-19-11-13-23-24(15-19)41-17-40-23/h6-15,20,22,28,34,38-39H,4-5,16-17H2,1-3H3,(H,32,35)(H,33,36)/t22-,28?/m0/s1. The number of aromatic amines is 1.